The third kappa shape index (κ3) is 4.08. The topological polar surface area (TPSA) is 121 Å². The minimum atomic E-state index is -1.51. The van der Waals surface area contributed by atoms with Crippen LogP contribution in [0.1, 0.15) is 99.3 Å². The molecule has 0 heterocycles. The summed E-state index contributed by atoms with van der Waals surface area (Å²) in [5.74, 6) is -2.41. The van der Waals surface area contributed by atoms with E-state index >= 15 is 0 Å². The quantitative estimate of drug-likeness (QED) is 0.275. The zero-order chi connectivity index (χ0) is 26.7. The van der Waals surface area contributed by atoms with Crippen LogP contribution in [0.25, 0.3) is 0 Å². The van der Waals surface area contributed by atoms with Crippen molar-refractivity contribution in [3.63, 3.8) is 0 Å². The number of fused-ring (bicyclic) bond motifs is 7. The molecule has 5 rings (SSSR count). The smallest absolute Gasteiger partial charge is 0.550 e. The van der Waals surface area contributed by atoms with Gasteiger partial charge in [0, 0.05) is 16.8 Å². The van der Waals surface area contributed by atoms with E-state index in [2.05, 4.69) is 40.7 Å². The molecule has 2 N–H and O–H groups in total. The minimum Gasteiger partial charge on any atom is -0.550 e. The van der Waals surface area contributed by atoms with E-state index < -0.39 is 40.4 Å². The van der Waals surface area contributed by atoms with Crippen molar-refractivity contribution in [1.29, 1.82) is 0 Å². The summed E-state index contributed by atoms with van der Waals surface area (Å²) in [4.78, 5) is 25.1. The van der Waals surface area contributed by atoms with E-state index in [1.165, 1.54) is 5.57 Å². The molecule has 0 aromatic carbocycles. The molecule has 5 aliphatic carbocycles. The van der Waals surface area contributed by atoms with Crippen LogP contribution in [0.4, 0.5) is 0 Å². The molecule has 0 radical (unpaired) electrons. The Bertz CT molecular complexity index is 1030. The van der Waals surface area contributed by atoms with Gasteiger partial charge in [-0.3, -0.25) is 0 Å². The first-order chi connectivity index (χ1) is 16.5. The van der Waals surface area contributed by atoms with Gasteiger partial charge in [0.1, 0.15) is 0 Å². The molecule has 0 aromatic rings. The molecule has 0 saturated heterocycles. The van der Waals surface area contributed by atoms with E-state index in [0.29, 0.717) is 25.7 Å². The Hall–Kier alpha value is 0.600. The number of allylic oxidation sites excluding steroid dienone is 2. The Labute approximate surface area is 272 Å². The fourth-order valence-electron chi connectivity index (χ4n) is 10.7. The third-order valence-electron chi connectivity index (χ3n) is 13.1. The van der Waals surface area contributed by atoms with Gasteiger partial charge in [0.05, 0.1) is 18.2 Å². The number of carboxylic acids is 2. The number of rotatable bonds is 2. The van der Waals surface area contributed by atoms with Crippen LogP contribution < -0.4 is 69.3 Å². The number of aliphatic carboxylic acids is 2. The zero-order valence-corrected chi connectivity index (χ0v) is 28.9. The van der Waals surface area contributed by atoms with Crippen LogP contribution in [0.3, 0.4) is 0 Å². The van der Waals surface area contributed by atoms with E-state index in [1.54, 1.807) is 6.92 Å². The van der Waals surface area contributed by atoms with Gasteiger partial charge in [-0.2, -0.15) is 0 Å². The zero-order valence-electron chi connectivity index (χ0n) is 24.9. The number of aliphatic hydroxyl groups excluding tert-OH is 2. The van der Waals surface area contributed by atoms with Gasteiger partial charge in [-0.05, 0) is 97.2 Å². The van der Waals surface area contributed by atoms with Gasteiger partial charge >= 0.3 is 59.1 Å². The second kappa shape index (κ2) is 10.1. The molecule has 0 amide bonds. The molecule has 4 fully saturated rings. The molecule has 10 atom stereocenters. The SMILES string of the molecule is CC1(C)CC[C@]2(C(=O)[O-])CC[C@]3(C)C(=CC[C@@H]4[C@@]5(C)C[C@H](O)[C@H](O)[C@@](C)(C(=O)[O-])[C@H]5CC[C@]43C)[C@@H]2C1.[Na+].[Na+]. The molecule has 4 saturated carbocycles. The predicted octanol–water partition coefficient (Wildman–Crippen LogP) is -3.39. The molecular weight excluding hydrogens is 502 g/mol. The molecule has 6 nitrogen and oxygen atoms in total. The molecule has 5 aliphatic rings. The van der Waals surface area contributed by atoms with E-state index in [1.807, 2.05) is 0 Å². The summed E-state index contributed by atoms with van der Waals surface area (Å²) < 4.78 is 0. The fourth-order valence-corrected chi connectivity index (χ4v) is 10.7. The van der Waals surface area contributed by atoms with Gasteiger partial charge in [-0.25, -0.2) is 0 Å². The molecule has 0 spiro atoms. The van der Waals surface area contributed by atoms with Gasteiger partial charge in [-0.15, -0.1) is 0 Å². The van der Waals surface area contributed by atoms with Crippen LogP contribution in [-0.4, -0.2) is 34.4 Å². The van der Waals surface area contributed by atoms with Crippen molar-refractivity contribution in [2.45, 2.75) is 112 Å². The Kier molecular flexibility index (Phi) is 8.80. The summed E-state index contributed by atoms with van der Waals surface area (Å²) >= 11 is 0. The second-order valence-corrected chi connectivity index (χ2v) is 14.9. The number of carbonyl (C=O) groups is 2. The summed E-state index contributed by atoms with van der Waals surface area (Å²) in [6.07, 6.45) is 6.18. The van der Waals surface area contributed by atoms with E-state index in [-0.39, 0.29) is 93.1 Å². The van der Waals surface area contributed by atoms with E-state index in [0.717, 1.165) is 32.1 Å². The first-order valence-electron chi connectivity index (χ1n) is 14.0. The van der Waals surface area contributed by atoms with Gasteiger partial charge in [0.15, 0.2) is 0 Å². The van der Waals surface area contributed by atoms with Crippen molar-refractivity contribution >= 4 is 11.9 Å². The fraction of sp³-hybridized carbons (Fsp3) is 0.867. The van der Waals surface area contributed by atoms with Crippen LogP contribution in [-0.2, 0) is 9.59 Å². The predicted molar refractivity (Wildman–Crippen MR) is 131 cm³/mol. The molecule has 8 heteroatoms. The maximum atomic E-state index is 12.7. The molecule has 0 aliphatic heterocycles. The first kappa shape index (κ1) is 33.1. The first-order valence-corrected chi connectivity index (χ1v) is 14.0. The third-order valence-corrected chi connectivity index (χ3v) is 13.1. The Balaban J connectivity index is 0.00000200. The summed E-state index contributed by atoms with van der Waals surface area (Å²) in [7, 11) is 0. The van der Waals surface area contributed by atoms with Gasteiger partial charge in [0.25, 0.3) is 0 Å². The monoisotopic (exact) mass is 546 g/mol. The maximum absolute atomic E-state index is 12.7. The van der Waals surface area contributed by atoms with Gasteiger partial charge < -0.3 is 30.0 Å². The average molecular weight is 547 g/mol. The van der Waals surface area contributed by atoms with Crippen LogP contribution in [0.15, 0.2) is 11.6 Å². The molecule has 202 valence electrons. The summed E-state index contributed by atoms with van der Waals surface area (Å²) in [5, 5.41) is 46.8. The van der Waals surface area contributed by atoms with Crippen molar-refractivity contribution in [2.24, 2.45) is 50.2 Å². The summed E-state index contributed by atoms with van der Waals surface area (Å²) in [5.41, 5.74) is -1.82. The summed E-state index contributed by atoms with van der Waals surface area (Å²) in [6, 6.07) is 0. The van der Waals surface area contributed by atoms with Crippen LogP contribution >= 0.6 is 0 Å². The number of aliphatic hydroxyl groups is 2. The van der Waals surface area contributed by atoms with Crippen molar-refractivity contribution < 1.29 is 89.1 Å². The normalized spacial score (nSPS) is 50.8. The maximum Gasteiger partial charge on any atom is 1.00 e. The molecular formula is C30H44Na2O6. The van der Waals surface area contributed by atoms with Crippen molar-refractivity contribution in [1.82, 2.24) is 0 Å². The van der Waals surface area contributed by atoms with E-state index in [4.69, 9.17) is 0 Å². The Morgan fingerprint density at radius 3 is 2.03 bits per heavy atom. The Morgan fingerprint density at radius 1 is 0.842 bits per heavy atom. The van der Waals surface area contributed by atoms with Crippen molar-refractivity contribution in [3.8, 4) is 0 Å². The van der Waals surface area contributed by atoms with Gasteiger partial charge in [0.2, 0.25) is 0 Å². The molecule has 0 aromatic heterocycles. The van der Waals surface area contributed by atoms with Crippen LogP contribution in [0.2, 0.25) is 0 Å². The van der Waals surface area contributed by atoms with Crippen LogP contribution in [0, 0.1) is 50.2 Å². The molecule has 0 unspecified atom stereocenters. The largest absolute Gasteiger partial charge is 1.00 e. The minimum absolute atomic E-state index is 0. The Morgan fingerprint density at radius 2 is 1.45 bits per heavy atom. The van der Waals surface area contributed by atoms with Crippen molar-refractivity contribution in [3.05, 3.63) is 11.6 Å². The van der Waals surface area contributed by atoms with Crippen LogP contribution in [0.5, 0.6) is 0 Å². The van der Waals surface area contributed by atoms with E-state index in [9.17, 15) is 30.0 Å². The summed E-state index contributed by atoms with van der Waals surface area (Å²) in [6.45, 7) is 12.8. The molecule has 38 heavy (non-hydrogen) atoms. The number of carboxylic acid groups (broad SMARTS) is 2. The van der Waals surface area contributed by atoms with Gasteiger partial charge in [-0.1, -0.05) is 53.2 Å². The molecule has 0 bridgehead atoms. The average Bonchev–Trinajstić information content (AvgIpc) is 2.77. The number of hydrogen-bond donors (Lipinski definition) is 2. The van der Waals surface area contributed by atoms with Crippen molar-refractivity contribution in [2.75, 3.05) is 0 Å². The second-order valence-electron chi connectivity index (χ2n) is 14.9. The number of carbonyl (C=O) groups excluding carboxylic acids is 2. The number of hydrogen-bond acceptors (Lipinski definition) is 6. The standard InChI is InChI=1S/C30H46O6.2Na/c1-25(2)11-13-30(24(35)36)14-12-27(4)17(18(30)15-25)7-8-20-26(3)16-19(31)22(32)29(6,23(33)34)21(26)9-10-28(20,27)5;;/h7,18-22,31-32H,8-16H2,1-6H3,(H,33,34)(H,35,36);;/q;2*+1/p-2/t18-,19-,20+,21-,22-,26+,27+,28+,29-,30-;;/m0../s1.